The van der Waals surface area contributed by atoms with E-state index >= 15 is 0 Å². The lowest BCUT2D eigenvalue weighted by atomic mass is 9.71. The molecule has 0 bridgehead atoms. The van der Waals surface area contributed by atoms with E-state index in [0.29, 0.717) is 25.7 Å². The van der Waals surface area contributed by atoms with Crippen molar-refractivity contribution in [3.63, 3.8) is 0 Å². The lowest BCUT2D eigenvalue weighted by molar-refractivity contribution is -0.149. The van der Waals surface area contributed by atoms with E-state index in [4.69, 9.17) is 4.42 Å². The average Bonchev–Trinajstić information content (AvgIpc) is 3.60. The van der Waals surface area contributed by atoms with Crippen molar-refractivity contribution in [3.8, 4) is 0 Å². The monoisotopic (exact) mass is 502 g/mol. The van der Waals surface area contributed by atoms with Gasteiger partial charge in [-0.05, 0) is 56.1 Å². The number of oxazole rings is 1. The summed E-state index contributed by atoms with van der Waals surface area (Å²) in [5.41, 5.74) is 1.74. The third-order valence-corrected chi connectivity index (χ3v) is 8.27. The Morgan fingerprint density at radius 2 is 1.62 bits per heavy atom. The minimum atomic E-state index is -0.695. The van der Waals surface area contributed by atoms with Crippen LogP contribution in [0.3, 0.4) is 0 Å². The van der Waals surface area contributed by atoms with Crippen LogP contribution in [0.4, 0.5) is 0 Å². The van der Waals surface area contributed by atoms with Gasteiger partial charge in [-0.25, -0.2) is 4.98 Å². The molecule has 0 radical (unpaired) electrons. The zero-order chi connectivity index (χ0) is 26.3. The van der Waals surface area contributed by atoms with E-state index in [0.717, 1.165) is 25.0 Å². The van der Waals surface area contributed by atoms with E-state index in [1.165, 1.54) is 17.5 Å². The van der Waals surface area contributed by atoms with Crippen molar-refractivity contribution >= 4 is 11.9 Å². The molecule has 3 aromatic rings. The maximum Gasteiger partial charge on any atom is 0.309 e. The van der Waals surface area contributed by atoms with Gasteiger partial charge < -0.3 is 14.8 Å². The van der Waals surface area contributed by atoms with E-state index in [1.54, 1.807) is 13.1 Å². The van der Waals surface area contributed by atoms with E-state index in [1.807, 2.05) is 19.1 Å². The fraction of sp³-hybridized carbons (Fsp3) is 0.452. The molecule has 1 heterocycles. The van der Waals surface area contributed by atoms with Crippen LogP contribution >= 0.6 is 0 Å². The Hall–Kier alpha value is -3.41. The smallest absolute Gasteiger partial charge is 0.309 e. The van der Waals surface area contributed by atoms with Gasteiger partial charge in [-0.3, -0.25) is 9.59 Å². The number of carbonyl (C=O) groups is 2. The molecule has 3 atom stereocenters. The largest absolute Gasteiger partial charge is 0.481 e. The van der Waals surface area contributed by atoms with Crippen molar-refractivity contribution in [1.29, 1.82) is 0 Å². The number of aromatic nitrogens is 1. The summed E-state index contributed by atoms with van der Waals surface area (Å²) in [7, 11) is 0. The maximum absolute atomic E-state index is 12.3. The number of carboxylic acid groups (broad SMARTS) is 1. The van der Waals surface area contributed by atoms with E-state index < -0.39 is 11.4 Å². The van der Waals surface area contributed by atoms with Crippen LogP contribution in [-0.2, 0) is 9.59 Å². The van der Waals surface area contributed by atoms with Crippen molar-refractivity contribution in [2.24, 2.45) is 11.3 Å². The quantitative estimate of drug-likeness (QED) is 0.293. The normalized spacial score (nSPS) is 17.3. The van der Waals surface area contributed by atoms with Crippen molar-refractivity contribution in [2.45, 2.75) is 76.7 Å². The molecule has 1 aliphatic rings. The van der Waals surface area contributed by atoms with Crippen molar-refractivity contribution < 1.29 is 19.1 Å². The first-order valence-corrected chi connectivity index (χ1v) is 13.4. The van der Waals surface area contributed by atoms with Gasteiger partial charge in [-0.1, -0.05) is 73.5 Å². The molecule has 1 aliphatic carbocycles. The molecule has 196 valence electrons. The number of rotatable bonds is 12. The fourth-order valence-corrected chi connectivity index (χ4v) is 6.28. The number of nitrogens with one attached hydrogen (secondary N) is 1. The van der Waals surface area contributed by atoms with Crippen LogP contribution in [0.15, 0.2) is 77.7 Å². The summed E-state index contributed by atoms with van der Waals surface area (Å²) in [5.74, 6) is -0.0121. The van der Waals surface area contributed by atoms with Gasteiger partial charge in [0.15, 0.2) is 6.39 Å². The van der Waals surface area contributed by atoms with Crippen molar-refractivity contribution in [2.75, 3.05) is 0 Å². The summed E-state index contributed by atoms with van der Waals surface area (Å²) in [6.07, 6.45) is 8.54. The molecule has 0 saturated heterocycles. The first-order valence-electron chi connectivity index (χ1n) is 13.4. The molecule has 37 heavy (non-hydrogen) atoms. The zero-order valence-corrected chi connectivity index (χ0v) is 21.8. The number of aliphatic carboxylic acids is 1. The number of carboxylic acids is 1. The second kappa shape index (κ2) is 12.2. The molecule has 2 aromatic carbocycles. The first kappa shape index (κ1) is 26.6. The molecule has 6 heteroatoms. The van der Waals surface area contributed by atoms with Crippen molar-refractivity contribution in [3.05, 3.63) is 90.1 Å². The molecule has 6 nitrogen and oxygen atoms in total. The van der Waals surface area contributed by atoms with Crippen LogP contribution in [0.1, 0.15) is 87.5 Å². The topological polar surface area (TPSA) is 92.4 Å². The van der Waals surface area contributed by atoms with Crippen LogP contribution in [0.2, 0.25) is 0 Å². The second-order valence-corrected chi connectivity index (χ2v) is 10.6. The van der Waals surface area contributed by atoms with Gasteiger partial charge in [-0.2, -0.15) is 0 Å². The molecular formula is C31H38N2O4. The van der Waals surface area contributed by atoms with Crippen LogP contribution in [-0.4, -0.2) is 28.0 Å². The second-order valence-electron chi connectivity index (χ2n) is 10.6. The summed E-state index contributed by atoms with van der Waals surface area (Å²) < 4.78 is 5.86. The third-order valence-electron chi connectivity index (χ3n) is 8.27. The maximum atomic E-state index is 12.3. The summed E-state index contributed by atoms with van der Waals surface area (Å²) in [6.45, 7) is 3.59. The summed E-state index contributed by atoms with van der Waals surface area (Å²) in [5, 5.41) is 13.3. The SMILES string of the molecule is CC(=O)NC(C)C(CC(c1ccccc1)c1ccccc1)C(CCC1(C(=O)O)CCCC1)c1cnco1. The summed E-state index contributed by atoms with van der Waals surface area (Å²) in [4.78, 5) is 28.7. The molecule has 1 aromatic heterocycles. The van der Waals surface area contributed by atoms with Gasteiger partial charge >= 0.3 is 5.97 Å². The predicted octanol–water partition coefficient (Wildman–Crippen LogP) is 6.55. The molecule has 0 aliphatic heterocycles. The minimum Gasteiger partial charge on any atom is -0.481 e. The van der Waals surface area contributed by atoms with Gasteiger partial charge in [-0.15, -0.1) is 0 Å². The number of hydrogen-bond acceptors (Lipinski definition) is 4. The van der Waals surface area contributed by atoms with Crippen LogP contribution in [0.5, 0.6) is 0 Å². The summed E-state index contributed by atoms with van der Waals surface area (Å²) >= 11 is 0. The highest BCUT2D eigenvalue weighted by Gasteiger charge is 2.43. The molecule has 2 N–H and O–H groups in total. The molecule has 1 saturated carbocycles. The average molecular weight is 503 g/mol. The van der Waals surface area contributed by atoms with E-state index in [-0.39, 0.29) is 29.7 Å². The van der Waals surface area contributed by atoms with Gasteiger partial charge in [0, 0.05) is 24.8 Å². The molecule has 3 unspecified atom stereocenters. The molecule has 0 spiro atoms. The van der Waals surface area contributed by atoms with Crippen LogP contribution in [0, 0.1) is 11.3 Å². The molecule has 1 fully saturated rings. The number of nitrogens with zero attached hydrogens (tertiary/aromatic N) is 1. The van der Waals surface area contributed by atoms with Gasteiger partial charge in [0.25, 0.3) is 0 Å². The standard InChI is InChI=1S/C31H38N2O4/c1-22(33-23(2)34)27(19-28(24-11-5-3-6-12-24)25-13-7-4-8-14-25)26(29-20-32-21-37-29)15-18-31(30(35)36)16-9-10-17-31/h3-8,11-14,20-22,26-28H,9-10,15-19H2,1-2H3,(H,33,34)(H,35,36). The molecular weight excluding hydrogens is 464 g/mol. The number of hydrogen-bond donors (Lipinski definition) is 2. The highest BCUT2D eigenvalue weighted by molar-refractivity contribution is 5.75. The molecule has 4 rings (SSSR count). The highest BCUT2D eigenvalue weighted by atomic mass is 16.4. The first-order chi connectivity index (χ1) is 17.9. The number of benzene rings is 2. The van der Waals surface area contributed by atoms with Gasteiger partial charge in [0.1, 0.15) is 5.76 Å². The van der Waals surface area contributed by atoms with Crippen LogP contribution in [0.25, 0.3) is 0 Å². The zero-order valence-electron chi connectivity index (χ0n) is 21.8. The Bertz CT molecular complexity index is 1090. The Balaban J connectivity index is 1.71. The minimum absolute atomic E-state index is 0.00508. The predicted molar refractivity (Wildman–Crippen MR) is 143 cm³/mol. The fourth-order valence-electron chi connectivity index (χ4n) is 6.28. The van der Waals surface area contributed by atoms with Gasteiger partial charge in [0.05, 0.1) is 11.6 Å². The lowest BCUT2D eigenvalue weighted by Gasteiger charge is -2.36. The Morgan fingerprint density at radius 1 is 1.03 bits per heavy atom. The van der Waals surface area contributed by atoms with Crippen LogP contribution < -0.4 is 5.32 Å². The van der Waals surface area contributed by atoms with E-state index in [9.17, 15) is 14.7 Å². The Labute approximate surface area is 219 Å². The Kier molecular flexibility index (Phi) is 8.80. The molecule has 1 amide bonds. The number of amides is 1. The van der Waals surface area contributed by atoms with E-state index in [2.05, 4.69) is 58.8 Å². The highest BCUT2D eigenvalue weighted by Crippen LogP contribution is 2.47. The Morgan fingerprint density at radius 3 is 2.11 bits per heavy atom. The van der Waals surface area contributed by atoms with Crippen molar-refractivity contribution in [1.82, 2.24) is 10.3 Å². The number of carbonyl (C=O) groups excluding carboxylic acids is 1. The third kappa shape index (κ3) is 6.48. The summed E-state index contributed by atoms with van der Waals surface area (Å²) in [6, 6.07) is 20.7. The van der Waals surface area contributed by atoms with Gasteiger partial charge in [0.2, 0.25) is 5.91 Å². The lowest BCUT2D eigenvalue weighted by Crippen LogP contribution is -2.40.